The van der Waals surface area contributed by atoms with Crippen LogP contribution in [0.3, 0.4) is 0 Å². The number of aliphatic carboxylic acids is 1. The number of hydrogen-bond acceptors (Lipinski definition) is 4. The average molecular weight is 481 g/mol. The third-order valence-corrected chi connectivity index (χ3v) is 7.29. The summed E-state index contributed by atoms with van der Waals surface area (Å²) in [5.41, 5.74) is 3.60. The summed E-state index contributed by atoms with van der Waals surface area (Å²) < 4.78 is 5.62. The highest BCUT2D eigenvalue weighted by Crippen LogP contribution is 2.44. The molecule has 0 saturated heterocycles. The van der Waals surface area contributed by atoms with Gasteiger partial charge in [-0.15, -0.1) is 0 Å². The quantitative estimate of drug-likeness (QED) is 0.422. The summed E-state index contributed by atoms with van der Waals surface area (Å²) in [5, 5.41) is 15.2. The Balaban J connectivity index is 1.58. The fraction of sp³-hybridized carbons (Fsp3) is 0.464. The van der Waals surface area contributed by atoms with Gasteiger partial charge in [-0.05, 0) is 41.0 Å². The molecule has 35 heavy (non-hydrogen) atoms. The molecular weight excluding hydrogens is 444 g/mol. The maximum absolute atomic E-state index is 12.7. The number of carbonyl (C=O) groups is 3. The highest BCUT2D eigenvalue weighted by molar-refractivity contribution is 5.81. The number of hydrogen-bond donors (Lipinski definition) is 3. The molecule has 7 nitrogen and oxygen atoms in total. The highest BCUT2D eigenvalue weighted by Gasteiger charge is 2.35. The zero-order valence-corrected chi connectivity index (χ0v) is 21.0. The van der Waals surface area contributed by atoms with E-state index in [4.69, 9.17) is 4.74 Å². The molecule has 188 valence electrons. The molecule has 3 N–H and O–H groups in total. The third-order valence-electron chi connectivity index (χ3n) is 7.29. The molecule has 7 heteroatoms. The predicted octanol–water partition coefficient (Wildman–Crippen LogP) is 4.95. The van der Waals surface area contributed by atoms with E-state index >= 15 is 0 Å². The van der Waals surface area contributed by atoms with Gasteiger partial charge >= 0.3 is 12.1 Å². The van der Waals surface area contributed by atoms with Gasteiger partial charge in [-0.3, -0.25) is 9.59 Å². The summed E-state index contributed by atoms with van der Waals surface area (Å²) in [6.07, 6.45) is 0.320. The Hall–Kier alpha value is -3.35. The molecule has 1 aliphatic rings. The van der Waals surface area contributed by atoms with Crippen molar-refractivity contribution in [3.05, 3.63) is 59.7 Å². The Morgan fingerprint density at radius 1 is 0.971 bits per heavy atom. The van der Waals surface area contributed by atoms with Gasteiger partial charge in [0, 0.05) is 24.9 Å². The molecule has 1 atom stereocenters. The first-order valence-electron chi connectivity index (χ1n) is 12.3. The van der Waals surface area contributed by atoms with Crippen molar-refractivity contribution in [3.8, 4) is 11.1 Å². The van der Waals surface area contributed by atoms with Crippen LogP contribution in [0.4, 0.5) is 4.79 Å². The minimum atomic E-state index is -0.983. The van der Waals surface area contributed by atoms with Crippen molar-refractivity contribution in [3.63, 3.8) is 0 Å². The third kappa shape index (κ3) is 5.84. The monoisotopic (exact) mass is 480 g/mol. The molecule has 1 aliphatic carbocycles. The average Bonchev–Trinajstić information content (AvgIpc) is 3.16. The minimum absolute atomic E-state index is 0.0113. The second kappa shape index (κ2) is 11.4. The SMILES string of the molecule is CCC(CC)(CNC(=O)C[C@H](NC(=O)OCC1c2ccccc2-c2ccccc21)C(C)C)C(=O)O. The summed E-state index contributed by atoms with van der Waals surface area (Å²) in [6.45, 7) is 7.70. The van der Waals surface area contributed by atoms with Gasteiger partial charge in [0.15, 0.2) is 0 Å². The molecule has 3 rings (SSSR count). The maximum Gasteiger partial charge on any atom is 0.407 e. The van der Waals surface area contributed by atoms with Crippen LogP contribution in [-0.2, 0) is 14.3 Å². The zero-order chi connectivity index (χ0) is 25.6. The van der Waals surface area contributed by atoms with Crippen molar-refractivity contribution in [1.29, 1.82) is 0 Å². The van der Waals surface area contributed by atoms with Crippen molar-refractivity contribution in [2.75, 3.05) is 13.2 Å². The van der Waals surface area contributed by atoms with Crippen molar-refractivity contribution in [2.24, 2.45) is 11.3 Å². The lowest BCUT2D eigenvalue weighted by Crippen LogP contribution is -2.46. The van der Waals surface area contributed by atoms with E-state index in [1.165, 1.54) is 0 Å². The van der Waals surface area contributed by atoms with Gasteiger partial charge in [-0.1, -0.05) is 76.2 Å². The lowest BCUT2D eigenvalue weighted by molar-refractivity contribution is -0.149. The van der Waals surface area contributed by atoms with Gasteiger partial charge in [0.1, 0.15) is 6.61 Å². The Bertz CT molecular complexity index is 1020. The lowest BCUT2D eigenvalue weighted by atomic mass is 9.82. The number of benzene rings is 2. The van der Waals surface area contributed by atoms with Gasteiger partial charge < -0.3 is 20.5 Å². The van der Waals surface area contributed by atoms with E-state index in [9.17, 15) is 19.5 Å². The van der Waals surface area contributed by atoms with Gasteiger partial charge in [-0.2, -0.15) is 0 Å². The van der Waals surface area contributed by atoms with Crippen LogP contribution >= 0.6 is 0 Å². The molecule has 0 saturated carbocycles. The largest absolute Gasteiger partial charge is 0.481 e. The van der Waals surface area contributed by atoms with E-state index in [1.807, 2.05) is 38.1 Å². The Kier molecular flexibility index (Phi) is 8.54. The first kappa shape index (κ1) is 26.3. The van der Waals surface area contributed by atoms with E-state index in [-0.39, 0.29) is 37.3 Å². The van der Waals surface area contributed by atoms with E-state index in [0.717, 1.165) is 22.3 Å². The standard InChI is InChI=1S/C28H36N2O5/c1-5-28(6-2,26(32)33)17-29-25(31)15-24(18(3)4)30-27(34)35-16-23-21-13-9-7-11-19(21)20-12-8-10-14-22(20)23/h7-14,18,23-24H,5-6,15-17H2,1-4H3,(H,29,31)(H,30,34)(H,32,33)/t24-/m0/s1. The number of nitrogens with one attached hydrogen (secondary N) is 2. The van der Waals surface area contributed by atoms with Crippen LogP contribution in [0, 0.1) is 11.3 Å². The van der Waals surface area contributed by atoms with Gasteiger partial charge in [-0.25, -0.2) is 4.79 Å². The van der Waals surface area contributed by atoms with E-state index < -0.39 is 23.5 Å². The molecule has 0 bridgehead atoms. The molecule has 0 aliphatic heterocycles. The highest BCUT2D eigenvalue weighted by atomic mass is 16.5. The van der Waals surface area contributed by atoms with Gasteiger partial charge in [0.2, 0.25) is 5.91 Å². The summed E-state index contributed by atoms with van der Waals surface area (Å²) in [7, 11) is 0. The fourth-order valence-electron chi connectivity index (χ4n) is 4.66. The van der Waals surface area contributed by atoms with Crippen molar-refractivity contribution in [2.45, 2.75) is 58.9 Å². The number of amides is 2. The number of carboxylic acids is 1. The topological polar surface area (TPSA) is 105 Å². The van der Waals surface area contributed by atoms with Crippen LogP contribution in [-0.4, -0.2) is 42.3 Å². The smallest absolute Gasteiger partial charge is 0.407 e. The Morgan fingerprint density at radius 3 is 2.00 bits per heavy atom. The molecule has 0 unspecified atom stereocenters. The zero-order valence-electron chi connectivity index (χ0n) is 21.0. The van der Waals surface area contributed by atoms with Crippen molar-refractivity contribution < 1.29 is 24.2 Å². The number of carboxylic acid groups (broad SMARTS) is 1. The normalized spacial score (nSPS) is 13.6. The molecule has 0 spiro atoms. The molecule has 2 aromatic carbocycles. The maximum atomic E-state index is 12.7. The van der Waals surface area contributed by atoms with E-state index in [1.54, 1.807) is 13.8 Å². The van der Waals surface area contributed by atoms with Crippen LogP contribution < -0.4 is 10.6 Å². The van der Waals surface area contributed by atoms with Crippen LogP contribution in [0.15, 0.2) is 48.5 Å². The molecule has 2 aromatic rings. The molecule has 0 fully saturated rings. The predicted molar refractivity (Wildman–Crippen MR) is 135 cm³/mol. The summed E-state index contributed by atoms with van der Waals surface area (Å²) in [4.78, 5) is 36.9. The van der Waals surface area contributed by atoms with Crippen LogP contribution in [0.25, 0.3) is 11.1 Å². The number of alkyl carbamates (subject to hydrolysis) is 1. The first-order valence-corrected chi connectivity index (χ1v) is 12.3. The van der Waals surface area contributed by atoms with E-state index in [2.05, 4.69) is 34.9 Å². The van der Waals surface area contributed by atoms with Crippen LogP contribution in [0.5, 0.6) is 0 Å². The molecule has 0 aromatic heterocycles. The first-order chi connectivity index (χ1) is 16.7. The van der Waals surface area contributed by atoms with Crippen LogP contribution in [0.1, 0.15) is 64.0 Å². The fourth-order valence-corrected chi connectivity index (χ4v) is 4.66. The molecule has 0 heterocycles. The summed E-state index contributed by atoms with van der Waals surface area (Å²) >= 11 is 0. The second-order valence-corrected chi connectivity index (χ2v) is 9.59. The molecule has 0 radical (unpaired) electrons. The number of carbonyl (C=O) groups excluding carboxylic acids is 2. The number of fused-ring (bicyclic) bond motifs is 3. The minimum Gasteiger partial charge on any atom is -0.481 e. The Morgan fingerprint density at radius 2 is 1.51 bits per heavy atom. The number of rotatable bonds is 11. The summed E-state index contributed by atoms with van der Waals surface area (Å²) in [5.74, 6) is -1.26. The van der Waals surface area contributed by atoms with Gasteiger partial charge in [0.25, 0.3) is 0 Å². The molecular formula is C28H36N2O5. The second-order valence-electron chi connectivity index (χ2n) is 9.59. The number of ether oxygens (including phenoxy) is 1. The lowest BCUT2D eigenvalue weighted by Gasteiger charge is -2.28. The molecule has 2 amide bonds. The Labute approximate surface area is 207 Å². The van der Waals surface area contributed by atoms with E-state index in [0.29, 0.717) is 12.8 Å². The van der Waals surface area contributed by atoms with Crippen molar-refractivity contribution >= 4 is 18.0 Å². The van der Waals surface area contributed by atoms with Crippen LogP contribution in [0.2, 0.25) is 0 Å². The van der Waals surface area contributed by atoms with Crippen molar-refractivity contribution in [1.82, 2.24) is 10.6 Å². The summed E-state index contributed by atoms with van der Waals surface area (Å²) in [6, 6.07) is 15.8. The van der Waals surface area contributed by atoms with Gasteiger partial charge in [0.05, 0.1) is 5.41 Å².